The van der Waals surface area contributed by atoms with Crippen LogP contribution in [-0.4, -0.2) is 101 Å². The molecule has 8 aliphatic carbocycles. The van der Waals surface area contributed by atoms with Gasteiger partial charge in [-0.15, -0.1) is 0 Å². The molecule has 32 atom stereocenters. The van der Waals surface area contributed by atoms with E-state index >= 15 is 0 Å². The van der Waals surface area contributed by atoms with Crippen molar-refractivity contribution >= 4 is 47.8 Å². The molecule has 0 aromatic rings. The molecule has 8 saturated heterocycles. The van der Waals surface area contributed by atoms with Crippen molar-refractivity contribution in [2.24, 2.45) is 189 Å². The summed E-state index contributed by atoms with van der Waals surface area (Å²) in [4.78, 5) is 91.3. The Labute approximate surface area is 577 Å². The van der Waals surface area contributed by atoms with Gasteiger partial charge in [0, 0.05) is 0 Å². The smallest absolute Gasteiger partial charge is 0.309 e. The van der Waals surface area contributed by atoms with Crippen LogP contribution in [0, 0.1) is 189 Å². The standard InChI is InChI=1S/8C10H16O2/c8*1-6-3-4-8-7(2)5-12-10(11)9(6)8/h8*6-9H,3-5H2,1-2H3/t6-,7+,8+,9+;6-,7+,8+,9-;2*6-,7+,8-,9+;6-,7+,8-,9-;6-,7-,8+,9+;6-,7-,8+,9-;6-,7-,8-,9-/m00000000/s1. The second-order valence-corrected chi connectivity index (χ2v) is 34.8. The van der Waals surface area contributed by atoms with Crippen molar-refractivity contribution in [2.45, 2.75) is 214 Å². The monoisotopic (exact) mass is 1340 g/mol. The molecule has 0 bridgehead atoms. The number of fused-ring (bicyclic) bond motifs is 8. The lowest BCUT2D eigenvalue weighted by Crippen LogP contribution is -2.37. The maximum atomic E-state index is 11.4. The number of ether oxygens (including phenoxy) is 8. The predicted molar refractivity (Wildman–Crippen MR) is 364 cm³/mol. The van der Waals surface area contributed by atoms with Crippen molar-refractivity contribution in [3.8, 4) is 0 Å². The third-order valence-corrected chi connectivity index (χ3v) is 28.2. The van der Waals surface area contributed by atoms with E-state index in [9.17, 15) is 38.4 Å². The summed E-state index contributed by atoms with van der Waals surface area (Å²) in [7, 11) is 0. The molecule has 96 heavy (non-hydrogen) atoms. The van der Waals surface area contributed by atoms with Crippen LogP contribution in [0.3, 0.4) is 0 Å². The first-order chi connectivity index (χ1) is 45.6. The van der Waals surface area contributed by atoms with Crippen LogP contribution in [-0.2, 0) is 76.3 Å². The van der Waals surface area contributed by atoms with E-state index in [0.717, 1.165) is 0 Å². The summed E-state index contributed by atoms with van der Waals surface area (Å²) < 4.78 is 41.1. The Morgan fingerprint density at radius 1 is 0.156 bits per heavy atom. The van der Waals surface area contributed by atoms with Gasteiger partial charge >= 0.3 is 47.8 Å². The number of hydrogen-bond acceptors (Lipinski definition) is 16. The lowest BCUT2D eigenvalue weighted by atomic mass is 9.81. The van der Waals surface area contributed by atoms with Gasteiger partial charge in [0.15, 0.2) is 0 Å². The number of esters is 8. The quantitative estimate of drug-likeness (QED) is 0.163. The SMILES string of the molecule is C[C@@H]1COC(=O)[C@@H]2[C@@H]1CC[C@@H]2C.C[C@@H]1COC(=O)[C@@H]2[C@H]1CC[C@@H]2C.C[C@@H]1COC(=O)[C@H]2[C@@H]1CC[C@@H]2C.C[C@@H]1COC(=O)[C@H]2[C@H]1CC[C@@H]2C.C[C@@H]1COC(=O)[C@H]2[C@H]1CC[C@@H]2C.C[C@H]1COC(=O)[C@@H]2[C@@H]1CC[C@@H]2C.C[C@H]1COC(=O)[C@@H]2[C@H]1CC[C@@H]2C.C[C@H]1COC(=O)[C@H]2[C@@H]1CC[C@@H]2C. The van der Waals surface area contributed by atoms with Gasteiger partial charge in [0.25, 0.3) is 0 Å². The summed E-state index contributed by atoms with van der Waals surface area (Å²) in [6.45, 7) is 40.1. The molecule has 0 aromatic heterocycles. The first kappa shape index (κ1) is 76.0. The van der Waals surface area contributed by atoms with E-state index in [1.807, 2.05) is 0 Å². The number of hydrogen-bond donors (Lipinski definition) is 0. The number of cyclic esters (lactones) is 8. The van der Waals surface area contributed by atoms with Gasteiger partial charge < -0.3 is 37.9 Å². The second kappa shape index (κ2) is 33.5. The minimum absolute atomic E-state index is 0.0584. The van der Waals surface area contributed by atoms with Crippen molar-refractivity contribution in [2.75, 3.05) is 52.9 Å². The van der Waals surface area contributed by atoms with E-state index in [4.69, 9.17) is 37.9 Å². The average molecular weight is 1350 g/mol. The second-order valence-electron chi connectivity index (χ2n) is 34.8. The first-order valence-corrected chi connectivity index (χ1v) is 38.9. The van der Waals surface area contributed by atoms with Gasteiger partial charge in [-0.05, 0) is 245 Å². The van der Waals surface area contributed by atoms with Crippen LogP contribution >= 0.6 is 0 Å². The van der Waals surface area contributed by atoms with E-state index in [1.54, 1.807) is 0 Å². The first-order valence-electron chi connectivity index (χ1n) is 38.9. The maximum absolute atomic E-state index is 11.4. The van der Waals surface area contributed by atoms with Gasteiger partial charge in [0.2, 0.25) is 0 Å². The third kappa shape index (κ3) is 17.0. The van der Waals surface area contributed by atoms with E-state index < -0.39 is 0 Å². The van der Waals surface area contributed by atoms with Gasteiger partial charge in [0.05, 0.1) is 100 Å². The van der Waals surface area contributed by atoms with E-state index in [-0.39, 0.29) is 95.1 Å². The summed E-state index contributed by atoms with van der Waals surface area (Å²) in [5.74, 6) is 16.1. The lowest BCUT2D eigenvalue weighted by Gasteiger charge is -2.31. The lowest BCUT2D eigenvalue weighted by molar-refractivity contribution is -0.161. The minimum Gasteiger partial charge on any atom is -0.465 e. The summed E-state index contributed by atoms with van der Waals surface area (Å²) >= 11 is 0. The van der Waals surface area contributed by atoms with Crippen molar-refractivity contribution in [3.63, 3.8) is 0 Å². The molecule has 0 N–H and O–H groups in total. The van der Waals surface area contributed by atoms with E-state index in [1.165, 1.54) is 103 Å². The summed E-state index contributed by atoms with van der Waals surface area (Å²) in [6, 6.07) is 0. The third-order valence-electron chi connectivity index (χ3n) is 28.2. The van der Waals surface area contributed by atoms with Crippen LogP contribution < -0.4 is 0 Å². The van der Waals surface area contributed by atoms with E-state index in [2.05, 4.69) is 111 Å². The highest BCUT2D eigenvalue weighted by Crippen LogP contribution is 2.51. The van der Waals surface area contributed by atoms with Gasteiger partial charge in [-0.1, -0.05) is 111 Å². The molecule has 8 saturated carbocycles. The molecule has 544 valence electrons. The zero-order valence-corrected chi connectivity index (χ0v) is 62.0. The highest BCUT2D eigenvalue weighted by atomic mass is 16.6. The van der Waals surface area contributed by atoms with Gasteiger partial charge in [-0.3, -0.25) is 38.4 Å². The molecule has 16 aliphatic rings. The summed E-state index contributed by atoms with van der Waals surface area (Å²) in [6.07, 6.45) is 19.4. The summed E-state index contributed by atoms with van der Waals surface area (Å²) in [5.41, 5.74) is 0. The Kier molecular flexibility index (Phi) is 26.5. The summed E-state index contributed by atoms with van der Waals surface area (Å²) in [5, 5.41) is 0. The maximum Gasteiger partial charge on any atom is 0.309 e. The van der Waals surface area contributed by atoms with Crippen molar-refractivity contribution in [1.82, 2.24) is 0 Å². The molecule has 16 fully saturated rings. The normalized spacial score (nSPS) is 47.0. The molecular weight excluding hydrogens is 1220 g/mol. The number of carbonyl (C=O) groups is 8. The molecule has 0 amide bonds. The van der Waals surface area contributed by atoms with Crippen LogP contribution in [0.1, 0.15) is 214 Å². The van der Waals surface area contributed by atoms with Crippen LogP contribution in [0.15, 0.2) is 0 Å². The van der Waals surface area contributed by atoms with Gasteiger partial charge in [-0.2, -0.15) is 0 Å². The van der Waals surface area contributed by atoms with E-state index in [0.29, 0.717) is 195 Å². The highest BCUT2D eigenvalue weighted by Gasteiger charge is 2.52. The molecule has 0 spiro atoms. The number of carbonyl (C=O) groups excluding carboxylic acids is 8. The van der Waals surface area contributed by atoms with Gasteiger partial charge in [-0.25, -0.2) is 0 Å². The van der Waals surface area contributed by atoms with Crippen molar-refractivity contribution < 1.29 is 76.3 Å². The van der Waals surface area contributed by atoms with Gasteiger partial charge in [0.1, 0.15) is 0 Å². The molecule has 8 aliphatic heterocycles. The average Bonchev–Trinajstić information content (AvgIpc) is 1.90. The van der Waals surface area contributed by atoms with Crippen LogP contribution in [0.5, 0.6) is 0 Å². The fraction of sp³-hybridized carbons (Fsp3) is 0.900. The molecule has 16 heteroatoms. The van der Waals surface area contributed by atoms with Crippen molar-refractivity contribution in [1.29, 1.82) is 0 Å². The molecule has 8 heterocycles. The molecular formula is C80H128O16. The van der Waals surface area contributed by atoms with Crippen LogP contribution in [0.25, 0.3) is 0 Å². The predicted octanol–water partition coefficient (Wildman–Crippen LogP) is 14.7. The van der Waals surface area contributed by atoms with Crippen molar-refractivity contribution in [3.05, 3.63) is 0 Å². The Balaban J connectivity index is 0.000000129. The zero-order chi connectivity index (χ0) is 69.7. The Morgan fingerprint density at radius 2 is 0.250 bits per heavy atom. The fourth-order valence-electron chi connectivity index (χ4n) is 21.7. The zero-order valence-electron chi connectivity index (χ0n) is 62.0. The number of rotatable bonds is 0. The van der Waals surface area contributed by atoms with Crippen LogP contribution in [0.2, 0.25) is 0 Å². The molecule has 16 nitrogen and oxygen atoms in total. The highest BCUT2D eigenvalue weighted by molar-refractivity contribution is 5.77. The molecule has 0 unspecified atom stereocenters. The molecule has 0 aromatic carbocycles. The Hall–Kier alpha value is -4.24. The topological polar surface area (TPSA) is 210 Å². The Morgan fingerprint density at radius 3 is 0.333 bits per heavy atom. The molecule has 16 rings (SSSR count). The minimum atomic E-state index is 0.0584. The largest absolute Gasteiger partial charge is 0.465 e. The molecule has 0 radical (unpaired) electrons. The fourth-order valence-corrected chi connectivity index (χ4v) is 21.7. The Bertz CT molecular complexity index is 2130. The van der Waals surface area contributed by atoms with Crippen LogP contribution in [0.4, 0.5) is 0 Å².